The van der Waals surface area contributed by atoms with Crippen LogP contribution >= 0.6 is 9.24 Å². The summed E-state index contributed by atoms with van der Waals surface area (Å²) >= 11 is 0. The van der Waals surface area contributed by atoms with Crippen LogP contribution in [0, 0.1) is 0 Å². The Morgan fingerprint density at radius 2 is 1.80 bits per heavy atom. The Labute approximate surface area is 125 Å². The highest BCUT2D eigenvalue weighted by Crippen LogP contribution is 2.37. The predicted molar refractivity (Wildman–Crippen MR) is 88.3 cm³/mol. The second-order valence-electron chi connectivity index (χ2n) is 6.62. The van der Waals surface area contributed by atoms with E-state index in [9.17, 15) is 0 Å². The molecule has 2 N–H and O–H groups in total. The fourth-order valence-corrected chi connectivity index (χ4v) is 3.23. The Kier molecular flexibility index (Phi) is 4.86. The van der Waals surface area contributed by atoms with Gasteiger partial charge in [0.25, 0.3) is 0 Å². The molecule has 112 valence electrons. The number of benzene rings is 1. The average Bonchev–Trinajstić information content (AvgIpc) is 2.69. The monoisotopic (exact) mass is 294 g/mol. The van der Waals surface area contributed by atoms with E-state index in [1.54, 1.807) is 0 Å². The molecule has 20 heavy (non-hydrogen) atoms. The van der Waals surface area contributed by atoms with Crippen LogP contribution < -0.4 is 11.0 Å². The summed E-state index contributed by atoms with van der Waals surface area (Å²) in [5, 5.41) is 1.22. The lowest BCUT2D eigenvalue weighted by atomic mass is 9.98. The number of ether oxygens (including phenoxy) is 1. The lowest BCUT2D eigenvalue weighted by Crippen LogP contribution is -2.43. The lowest BCUT2D eigenvalue weighted by molar-refractivity contribution is -0.0913. The number of nitrogens with two attached hydrogens (primary N) is 1. The van der Waals surface area contributed by atoms with Gasteiger partial charge in [-0.3, -0.25) is 4.90 Å². The Morgan fingerprint density at radius 3 is 2.35 bits per heavy atom. The van der Waals surface area contributed by atoms with Crippen molar-refractivity contribution in [3.63, 3.8) is 0 Å². The van der Waals surface area contributed by atoms with Crippen LogP contribution in [0.4, 0.5) is 0 Å². The number of likely N-dealkylation sites (N-methyl/N-ethyl adjacent to an activating group) is 1. The van der Waals surface area contributed by atoms with Gasteiger partial charge in [-0.1, -0.05) is 24.3 Å². The van der Waals surface area contributed by atoms with Crippen LogP contribution in [0.2, 0.25) is 0 Å². The van der Waals surface area contributed by atoms with Crippen molar-refractivity contribution in [1.82, 2.24) is 4.90 Å². The molecule has 0 saturated carbocycles. The Morgan fingerprint density at radius 1 is 1.20 bits per heavy atom. The molecule has 0 aromatic heterocycles. The summed E-state index contributed by atoms with van der Waals surface area (Å²) in [7, 11) is 4.87. The van der Waals surface area contributed by atoms with Crippen molar-refractivity contribution < 1.29 is 4.74 Å². The van der Waals surface area contributed by atoms with E-state index in [0.717, 1.165) is 25.9 Å². The van der Waals surface area contributed by atoms with E-state index < -0.39 is 0 Å². The van der Waals surface area contributed by atoms with Gasteiger partial charge in [-0.2, -0.15) is 0 Å². The van der Waals surface area contributed by atoms with Crippen LogP contribution in [-0.4, -0.2) is 36.2 Å². The first-order valence-electron chi connectivity index (χ1n) is 7.27. The van der Waals surface area contributed by atoms with Gasteiger partial charge in [-0.05, 0) is 44.6 Å². The van der Waals surface area contributed by atoms with E-state index in [0.29, 0.717) is 6.54 Å². The quantitative estimate of drug-likeness (QED) is 0.843. The molecule has 0 aliphatic carbocycles. The van der Waals surface area contributed by atoms with E-state index in [1.807, 2.05) is 0 Å². The Hall–Kier alpha value is -0.470. The second-order valence-corrected chi connectivity index (χ2v) is 7.29. The van der Waals surface area contributed by atoms with Crippen LogP contribution in [-0.2, 0) is 11.3 Å². The van der Waals surface area contributed by atoms with Gasteiger partial charge >= 0.3 is 0 Å². The molecule has 0 amide bonds. The van der Waals surface area contributed by atoms with Gasteiger partial charge in [-0.15, -0.1) is 9.24 Å². The highest BCUT2D eigenvalue weighted by Gasteiger charge is 2.43. The molecule has 0 bridgehead atoms. The number of rotatable bonds is 5. The van der Waals surface area contributed by atoms with E-state index in [2.05, 4.69) is 59.3 Å². The molecule has 3 nitrogen and oxygen atoms in total. The van der Waals surface area contributed by atoms with E-state index >= 15 is 0 Å². The summed E-state index contributed by atoms with van der Waals surface area (Å²) in [5.41, 5.74) is 6.93. The summed E-state index contributed by atoms with van der Waals surface area (Å²) < 4.78 is 6.24. The number of nitrogens with zero attached hydrogens (tertiary/aromatic N) is 1. The summed E-state index contributed by atoms with van der Waals surface area (Å²) in [6.45, 7) is 6.81. The van der Waals surface area contributed by atoms with Crippen molar-refractivity contribution in [3.8, 4) is 0 Å². The lowest BCUT2D eigenvalue weighted by Gasteiger charge is -2.33. The van der Waals surface area contributed by atoms with Gasteiger partial charge in [0.2, 0.25) is 0 Å². The Bertz CT molecular complexity index is 450. The maximum absolute atomic E-state index is 6.24. The molecule has 4 heteroatoms. The molecule has 1 aliphatic heterocycles. The smallest absolute Gasteiger partial charge is 0.0789 e. The summed E-state index contributed by atoms with van der Waals surface area (Å²) in [6, 6.07) is 8.63. The van der Waals surface area contributed by atoms with Crippen LogP contribution in [0.1, 0.15) is 32.3 Å². The molecule has 1 fully saturated rings. The summed E-state index contributed by atoms with van der Waals surface area (Å²) in [5.74, 6) is 0. The first-order valence-corrected chi connectivity index (χ1v) is 7.85. The molecule has 1 heterocycles. The van der Waals surface area contributed by atoms with Crippen LogP contribution in [0.15, 0.2) is 24.3 Å². The van der Waals surface area contributed by atoms with E-state index in [-0.39, 0.29) is 11.2 Å². The zero-order valence-corrected chi connectivity index (χ0v) is 14.0. The molecule has 1 unspecified atom stereocenters. The van der Waals surface area contributed by atoms with Gasteiger partial charge in [0.1, 0.15) is 0 Å². The minimum Gasteiger partial charge on any atom is -0.366 e. The van der Waals surface area contributed by atoms with Crippen LogP contribution in [0.5, 0.6) is 0 Å². The van der Waals surface area contributed by atoms with Gasteiger partial charge in [0.15, 0.2) is 0 Å². The Balaban J connectivity index is 1.91. The van der Waals surface area contributed by atoms with Crippen LogP contribution in [0.25, 0.3) is 0 Å². The molecule has 0 radical (unpaired) electrons. The normalized spacial score (nSPS) is 30.1. The van der Waals surface area contributed by atoms with Crippen LogP contribution in [0.3, 0.4) is 0 Å². The van der Waals surface area contributed by atoms with Gasteiger partial charge < -0.3 is 10.5 Å². The molecular formula is C16H27N2OP. The van der Waals surface area contributed by atoms with Crippen molar-refractivity contribution >= 4 is 14.5 Å². The zero-order valence-electron chi connectivity index (χ0n) is 12.9. The first kappa shape index (κ1) is 15.9. The van der Waals surface area contributed by atoms with Gasteiger partial charge in [0.05, 0.1) is 11.2 Å². The molecule has 2 rings (SSSR count). The number of hydrogen-bond acceptors (Lipinski definition) is 3. The maximum atomic E-state index is 6.24. The average molecular weight is 294 g/mol. The molecule has 1 saturated heterocycles. The third-order valence-electron chi connectivity index (χ3n) is 4.14. The maximum Gasteiger partial charge on any atom is 0.0789 e. The third-order valence-corrected chi connectivity index (χ3v) is 4.53. The standard InChI is InChI=1S/C16H27N2OP/c1-15(11-17)8-9-16(2,19-15)12-18(3)10-13-4-6-14(20)7-5-13/h4-7H,8-12,17,20H2,1-3H3/t15-,16+/m1/s1. The van der Waals surface area contributed by atoms with Crippen molar-refractivity contribution in [2.24, 2.45) is 5.73 Å². The second kappa shape index (κ2) is 6.11. The first-order chi connectivity index (χ1) is 9.34. The van der Waals surface area contributed by atoms with Gasteiger partial charge in [-0.25, -0.2) is 0 Å². The summed E-state index contributed by atoms with van der Waals surface area (Å²) in [4.78, 5) is 2.33. The third kappa shape index (κ3) is 4.02. The minimum absolute atomic E-state index is 0.0799. The molecule has 1 aromatic rings. The van der Waals surface area contributed by atoms with Crippen molar-refractivity contribution in [2.45, 2.75) is 44.4 Å². The van der Waals surface area contributed by atoms with E-state index in [1.165, 1.54) is 10.9 Å². The van der Waals surface area contributed by atoms with Crippen molar-refractivity contribution in [3.05, 3.63) is 29.8 Å². The van der Waals surface area contributed by atoms with Crippen molar-refractivity contribution in [2.75, 3.05) is 20.1 Å². The molecular weight excluding hydrogens is 267 g/mol. The fraction of sp³-hybridized carbons (Fsp3) is 0.625. The van der Waals surface area contributed by atoms with Gasteiger partial charge in [0, 0.05) is 19.6 Å². The molecule has 3 atom stereocenters. The SMILES string of the molecule is CN(Cc1ccc(P)cc1)C[C@]1(C)CC[C@](C)(CN)O1. The molecule has 0 spiro atoms. The predicted octanol–water partition coefficient (Wildman–Crippen LogP) is 1.91. The molecule has 1 aliphatic rings. The minimum atomic E-state index is -0.142. The highest BCUT2D eigenvalue weighted by molar-refractivity contribution is 7.27. The zero-order chi connectivity index (χ0) is 14.8. The highest BCUT2D eigenvalue weighted by atomic mass is 31.0. The van der Waals surface area contributed by atoms with Crippen molar-refractivity contribution in [1.29, 1.82) is 0 Å². The summed E-state index contributed by atoms with van der Waals surface area (Å²) in [6.07, 6.45) is 2.13. The fourth-order valence-electron chi connectivity index (χ4n) is 3.04. The van der Waals surface area contributed by atoms with E-state index in [4.69, 9.17) is 10.5 Å². The molecule has 1 aromatic carbocycles. The topological polar surface area (TPSA) is 38.5 Å². The largest absolute Gasteiger partial charge is 0.366 e. The number of hydrogen-bond donors (Lipinski definition) is 1.